The van der Waals surface area contributed by atoms with Crippen LogP contribution in [0.5, 0.6) is 5.88 Å². The van der Waals surface area contributed by atoms with E-state index in [1.807, 2.05) is 67.6 Å². The highest BCUT2D eigenvalue weighted by Crippen LogP contribution is 2.44. The zero-order valence-corrected chi connectivity index (χ0v) is 20.0. The Morgan fingerprint density at radius 3 is 2.31 bits per heavy atom. The topological polar surface area (TPSA) is 97.8 Å². The summed E-state index contributed by atoms with van der Waals surface area (Å²) in [6.07, 6.45) is -0.785. The number of rotatable bonds is 7. The van der Waals surface area contributed by atoms with Gasteiger partial charge in [0.25, 0.3) is 0 Å². The summed E-state index contributed by atoms with van der Waals surface area (Å²) in [5.74, 6) is -0.956. The van der Waals surface area contributed by atoms with Crippen LogP contribution in [0, 0.1) is 6.92 Å². The average molecular weight is 483 g/mol. The molecule has 1 aromatic heterocycles. The van der Waals surface area contributed by atoms with Crippen LogP contribution in [0.15, 0.2) is 72.8 Å². The molecule has 0 bridgehead atoms. The van der Waals surface area contributed by atoms with Crippen LogP contribution < -0.4 is 10.1 Å². The third kappa shape index (κ3) is 4.47. The van der Waals surface area contributed by atoms with Crippen molar-refractivity contribution in [2.75, 3.05) is 13.7 Å². The molecule has 1 atom stereocenters. The van der Waals surface area contributed by atoms with Crippen LogP contribution in [0.4, 0.5) is 4.79 Å². The Kier molecular flexibility index (Phi) is 6.29. The number of amides is 1. The highest BCUT2D eigenvalue weighted by atomic mass is 16.5. The van der Waals surface area contributed by atoms with Gasteiger partial charge in [-0.2, -0.15) is 0 Å². The lowest BCUT2D eigenvalue weighted by atomic mass is 9.98. The Bertz CT molecular complexity index is 1420. The number of ether oxygens (including phenoxy) is 2. The summed E-state index contributed by atoms with van der Waals surface area (Å²) in [5.41, 5.74) is 6.82. The summed E-state index contributed by atoms with van der Waals surface area (Å²) in [4.78, 5) is 29.2. The van der Waals surface area contributed by atoms with Gasteiger partial charge in [0.15, 0.2) is 0 Å². The summed E-state index contributed by atoms with van der Waals surface area (Å²) in [7, 11) is 1.49. The minimum absolute atomic E-state index is 0.000478. The number of carbonyl (C=O) groups excluding carboxylic acids is 1. The molecule has 0 spiro atoms. The fourth-order valence-electron chi connectivity index (χ4n) is 4.83. The van der Waals surface area contributed by atoms with E-state index in [4.69, 9.17) is 9.47 Å². The molecule has 7 nitrogen and oxygen atoms in total. The van der Waals surface area contributed by atoms with Crippen LogP contribution in [0.3, 0.4) is 0 Å². The van der Waals surface area contributed by atoms with Crippen molar-refractivity contribution in [2.45, 2.75) is 25.3 Å². The van der Waals surface area contributed by atoms with E-state index in [0.29, 0.717) is 11.4 Å². The lowest BCUT2D eigenvalue weighted by Gasteiger charge is -2.18. The predicted octanol–water partition coefficient (Wildman–Crippen LogP) is 5.09. The number of aromatic nitrogens is 1. The highest BCUT2D eigenvalue weighted by Gasteiger charge is 2.30. The van der Waals surface area contributed by atoms with Crippen LogP contribution >= 0.6 is 0 Å². The summed E-state index contributed by atoms with van der Waals surface area (Å²) in [6, 6.07) is 22.5. The summed E-state index contributed by atoms with van der Waals surface area (Å²) >= 11 is 0. The molecule has 1 heterocycles. The van der Waals surface area contributed by atoms with E-state index in [9.17, 15) is 14.7 Å². The van der Waals surface area contributed by atoms with Crippen LogP contribution in [-0.2, 0) is 16.0 Å². The second-order valence-corrected chi connectivity index (χ2v) is 8.92. The molecule has 5 rings (SSSR count). The molecular formula is C29H26N2O5. The number of hydrogen-bond donors (Lipinski definition) is 2. The van der Waals surface area contributed by atoms with Crippen molar-refractivity contribution in [3.63, 3.8) is 0 Å². The fourth-order valence-corrected chi connectivity index (χ4v) is 4.83. The molecule has 1 aliphatic carbocycles. The van der Waals surface area contributed by atoms with E-state index < -0.39 is 18.1 Å². The molecule has 0 saturated heterocycles. The van der Waals surface area contributed by atoms with E-state index in [-0.39, 0.29) is 18.9 Å². The zero-order chi connectivity index (χ0) is 25.2. The molecule has 2 N–H and O–H groups in total. The minimum Gasteiger partial charge on any atom is -0.481 e. The first-order valence-corrected chi connectivity index (χ1v) is 11.7. The Morgan fingerprint density at radius 1 is 1.00 bits per heavy atom. The number of fused-ring (bicyclic) bond motifs is 4. The van der Waals surface area contributed by atoms with Crippen molar-refractivity contribution in [3.8, 4) is 17.0 Å². The van der Waals surface area contributed by atoms with Gasteiger partial charge in [0.05, 0.1) is 12.6 Å². The maximum atomic E-state index is 12.7. The monoisotopic (exact) mass is 482 g/mol. The molecule has 3 aromatic carbocycles. The van der Waals surface area contributed by atoms with Gasteiger partial charge in [0, 0.05) is 23.3 Å². The van der Waals surface area contributed by atoms with Gasteiger partial charge in [-0.15, -0.1) is 0 Å². The van der Waals surface area contributed by atoms with E-state index >= 15 is 0 Å². The number of nitrogens with one attached hydrogen (secondary N) is 1. The van der Waals surface area contributed by atoms with E-state index in [0.717, 1.165) is 38.7 Å². The molecule has 36 heavy (non-hydrogen) atoms. The van der Waals surface area contributed by atoms with Crippen molar-refractivity contribution in [2.24, 2.45) is 0 Å². The maximum absolute atomic E-state index is 12.7. The van der Waals surface area contributed by atoms with Crippen molar-refractivity contribution >= 4 is 23.0 Å². The molecule has 0 fully saturated rings. The van der Waals surface area contributed by atoms with Gasteiger partial charge in [-0.25, -0.2) is 14.6 Å². The number of methoxy groups -OCH3 is 1. The summed E-state index contributed by atoms with van der Waals surface area (Å²) < 4.78 is 11.0. The molecule has 0 aliphatic heterocycles. The first-order chi connectivity index (χ1) is 17.4. The third-order valence-corrected chi connectivity index (χ3v) is 6.56. The molecule has 182 valence electrons. The van der Waals surface area contributed by atoms with E-state index in [1.165, 1.54) is 7.11 Å². The number of nitrogens with zero attached hydrogens (tertiary/aromatic N) is 1. The van der Waals surface area contributed by atoms with Crippen LogP contribution in [0.2, 0.25) is 0 Å². The number of aliphatic carboxylic acids is 1. The number of benzene rings is 3. The van der Waals surface area contributed by atoms with Gasteiger partial charge < -0.3 is 19.9 Å². The molecule has 1 amide bonds. The second-order valence-electron chi connectivity index (χ2n) is 8.92. The maximum Gasteiger partial charge on any atom is 0.407 e. The molecule has 4 aromatic rings. The Morgan fingerprint density at radius 2 is 1.67 bits per heavy atom. The van der Waals surface area contributed by atoms with Gasteiger partial charge in [-0.05, 0) is 46.9 Å². The lowest BCUT2D eigenvalue weighted by Crippen LogP contribution is -2.43. The molecule has 7 heteroatoms. The first kappa shape index (κ1) is 23.4. The number of pyridine rings is 1. The zero-order valence-electron chi connectivity index (χ0n) is 20.0. The largest absolute Gasteiger partial charge is 0.481 e. The van der Waals surface area contributed by atoms with Gasteiger partial charge >= 0.3 is 12.1 Å². The van der Waals surface area contributed by atoms with Crippen molar-refractivity contribution in [3.05, 3.63) is 95.1 Å². The first-order valence-electron chi connectivity index (χ1n) is 11.7. The quantitative estimate of drug-likeness (QED) is 0.381. The fraction of sp³-hybridized carbons (Fsp3) is 0.207. The average Bonchev–Trinajstić information content (AvgIpc) is 3.20. The van der Waals surface area contributed by atoms with Crippen molar-refractivity contribution in [1.82, 2.24) is 10.3 Å². The van der Waals surface area contributed by atoms with Crippen molar-refractivity contribution < 1.29 is 24.2 Å². The van der Waals surface area contributed by atoms with Crippen LogP contribution in [-0.4, -0.2) is 41.9 Å². The number of carbonyl (C=O) groups is 2. The predicted molar refractivity (Wildman–Crippen MR) is 136 cm³/mol. The Labute approximate surface area is 208 Å². The summed E-state index contributed by atoms with van der Waals surface area (Å²) in [6.45, 7) is 2.08. The SMILES string of the molecule is COc1nc2cc(C)ccc2cc1CC(NC(=O)OCC1c2ccccc2-c2ccccc21)C(=O)O. The number of carboxylic acids is 1. The lowest BCUT2D eigenvalue weighted by molar-refractivity contribution is -0.139. The number of carboxylic acid groups (broad SMARTS) is 1. The third-order valence-electron chi connectivity index (χ3n) is 6.56. The highest BCUT2D eigenvalue weighted by molar-refractivity contribution is 5.83. The summed E-state index contributed by atoms with van der Waals surface area (Å²) in [5, 5.41) is 13.2. The Balaban J connectivity index is 1.31. The minimum atomic E-state index is -1.21. The second kappa shape index (κ2) is 9.70. The van der Waals surface area contributed by atoms with Gasteiger partial charge in [0.2, 0.25) is 5.88 Å². The molecule has 1 aliphatic rings. The molecule has 0 saturated carbocycles. The molecular weight excluding hydrogens is 456 g/mol. The molecule has 0 radical (unpaired) electrons. The molecule has 1 unspecified atom stereocenters. The normalized spacial score (nSPS) is 13.1. The van der Waals surface area contributed by atoms with Crippen LogP contribution in [0.25, 0.3) is 22.0 Å². The standard InChI is InChI=1S/C29H26N2O5/c1-17-11-12-18-14-19(27(35-2)30-25(18)13-17)15-26(28(32)33)31-29(34)36-16-24-22-9-5-3-7-20(22)21-8-4-6-10-23(21)24/h3-14,24,26H,15-16H2,1-2H3,(H,31,34)(H,32,33). The number of hydrogen-bond acceptors (Lipinski definition) is 5. The van der Waals surface area contributed by atoms with Crippen LogP contribution in [0.1, 0.15) is 28.2 Å². The smallest absolute Gasteiger partial charge is 0.407 e. The van der Waals surface area contributed by atoms with Gasteiger partial charge in [0.1, 0.15) is 12.6 Å². The van der Waals surface area contributed by atoms with Gasteiger partial charge in [-0.3, -0.25) is 0 Å². The Hall–Kier alpha value is -4.39. The van der Waals surface area contributed by atoms with Crippen molar-refractivity contribution in [1.29, 1.82) is 0 Å². The number of alkyl carbamates (subject to hydrolysis) is 1. The van der Waals surface area contributed by atoms with E-state index in [1.54, 1.807) is 0 Å². The van der Waals surface area contributed by atoms with Gasteiger partial charge in [-0.1, -0.05) is 60.7 Å². The number of aryl methyl sites for hydroxylation is 1. The van der Waals surface area contributed by atoms with E-state index in [2.05, 4.69) is 22.4 Å².